The number of carbonyl (C=O) groups is 1. The molecule has 1 heterocycles. The van der Waals surface area contributed by atoms with Gasteiger partial charge in [0.2, 0.25) is 5.91 Å². The van der Waals surface area contributed by atoms with Crippen LogP contribution in [0.25, 0.3) is 0 Å². The topological polar surface area (TPSA) is 89.3 Å². The highest BCUT2D eigenvalue weighted by molar-refractivity contribution is 7.91. The molecule has 2 rings (SSSR count). The molecule has 1 fully saturated rings. The molecule has 112 valence electrons. The van der Waals surface area contributed by atoms with E-state index in [1.807, 2.05) is 0 Å². The van der Waals surface area contributed by atoms with E-state index in [1.165, 1.54) is 12.1 Å². The highest BCUT2D eigenvalue weighted by Gasteiger charge is 2.33. The largest absolute Gasteiger partial charge is 0.323 e. The molecule has 1 saturated heterocycles. The van der Waals surface area contributed by atoms with E-state index >= 15 is 0 Å². The van der Waals surface area contributed by atoms with Gasteiger partial charge in [-0.3, -0.25) is 4.79 Å². The average Bonchev–Trinajstić information content (AvgIpc) is 2.79. The van der Waals surface area contributed by atoms with Gasteiger partial charge in [-0.1, -0.05) is 11.8 Å². The first-order valence-corrected chi connectivity index (χ1v) is 8.23. The fraction of sp³-hybridized carbons (Fsp3) is 0.357. The molecule has 1 aliphatic heterocycles. The third-order valence-corrected chi connectivity index (χ3v) is 4.93. The molecule has 7 heteroatoms. The number of hydrogen-bond donors (Lipinski definition) is 2. The summed E-state index contributed by atoms with van der Waals surface area (Å²) in [6.45, 7) is 0.177. The number of amides is 1. The van der Waals surface area contributed by atoms with Gasteiger partial charge >= 0.3 is 0 Å². The fourth-order valence-electron chi connectivity index (χ4n) is 2.08. The first-order valence-electron chi connectivity index (χ1n) is 6.41. The Morgan fingerprint density at radius 3 is 2.81 bits per heavy atom. The van der Waals surface area contributed by atoms with Crippen LogP contribution in [-0.2, 0) is 14.6 Å². The quantitative estimate of drug-likeness (QED) is 0.779. The Hall–Kier alpha value is -1.91. The van der Waals surface area contributed by atoms with E-state index in [0.717, 1.165) is 0 Å². The summed E-state index contributed by atoms with van der Waals surface area (Å²) in [7, 11) is -3.14. The SMILES string of the molecule is NCC#Cc1ccc(NC(=O)C2CCS(=O)(=O)C2)c(F)c1. The van der Waals surface area contributed by atoms with Crippen LogP contribution in [0.3, 0.4) is 0 Å². The monoisotopic (exact) mass is 310 g/mol. The van der Waals surface area contributed by atoms with Crippen LogP contribution < -0.4 is 11.1 Å². The number of sulfone groups is 1. The minimum Gasteiger partial charge on any atom is -0.323 e. The van der Waals surface area contributed by atoms with Gasteiger partial charge in [0.1, 0.15) is 5.82 Å². The summed E-state index contributed by atoms with van der Waals surface area (Å²) in [6.07, 6.45) is 0.274. The van der Waals surface area contributed by atoms with E-state index in [0.29, 0.717) is 5.56 Å². The summed E-state index contributed by atoms with van der Waals surface area (Å²) in [4.78, 5) is 11.9. The summed E-state index contributed by atoms with van der Waals surface area (Å²) in [5, 5.41) is 2.42. The molecule has 0 radical (unpaired) electrons. The van der Waals surface area contributed by atoms with Gasteiger partial charge in [-0.15, -0.1) is 0 Å². The predicted molar refractivity (Wildman–Crippen MR) is 77.7 cm³/mol. The van der Waals surface area contributed by atoms with Gasteiger partial charge in [0.25, 0.3) is 0 Å². The van der Waals surface area contributed by atoms with Crippen molar-refractivity contribution in [2.45, 2.75) is 6.42 Å². The standard InChI is InChI=1S/C14H15FN2O3S/c15-12-8-10(2-1-6-16)3-4-13(12)17-14(18)11-5-7-21(19,20)9-11/h3-4,8,11H,5-7,9,16H2,(H,17,18). The molecular weight excluding hydrogens is 295 g/mol. The molecule has 1 amide bonds. The van der Waals surface area contributed by atoms with Gasteiger partial charge in [-0.2, -0.15) is 0 Å². The minimum atomic E-state index is -3.14. The van der Waals surface area contributed by atoms with Gasteiger partial charge in [-0.25, -0.2) is 12.8 Å². The van der Waals surface area contributed by atoms with Crippen molar-refractivity contribution in [2.75, 3.05) is 23.4 Å². The zero-order valence-corrected chi connectivity index (χ0v) is 12.0. The summed E-state index contributed by atoms with van der Waals surface area (Å²) < 4.78 is 36.5. The van der Waals surface area contributed by atoms with Crippen LogP contribution in [-0.4, -0.2) is 32.4 Å². The van der Waals surface area contributed by atoms with E-state index in [4.69, 9.17) is 5.73 Å². The minimum absolute atomic E-state index is 0.00118. The summed E-state index contributed by atoms with van der Waals surface area (Å²) >= 11 is 0. The van der Waals surface area contributed by atoms with Crippen molar-refractivity contribution < 1.29 is 17.6 Å². The van der Waals surface area contributed by atoms with Crippen LogP contribution >= 0.6 is 0 Å². The van der Waals surface area contributed by atoms with Crippen molar-refractivity contribution in [3.05, 3.63) is 29.6 Å². The molecule has 5 nitrogen and oxygen atoms in total. The van der Waals surface area contributed by atoms with Crippen LogP contribution in [0.1, 0.15) is 12.0 Å². The molecule has 1 aromatic rings. The number of anilines is 1. The molecule has 1 atom stereocenters. The molecule has 1 unspecified atom stereocenters. The van der Waals surface area contributed by atoms with Crippen molar-refractivity contribution in [1.29, 1.82) is 0 Å². The number of hydrogen-bond acceptors (Lipinski definition) is 4. The zero-order chi connectivity index (χ0) is 15.5. The van der Waals surface area contributed by atoms with Crippen LogP contribution in [0.4, 0.5) is 10.1 Å². The van der Waals surface area contributed by atoms with E-state index in [-0.39, 0.29) is 30.2 Å². The van der Waals surface area contributed by atoms with Gasteiger partial charge in [-0.05, 0) is 24.6 Å². The number of nitrogens with two attached hydrogens (primary N) is 1. The van der Waals surface area contributed by atoms with Crippen molar-refractivity contribution in [1.82, 2.24) is 0 Å². The van der Waals surface area contributed by atoms with Gasteiger partial charge in [0.15, 0.2) is 9.84 Å². The molecule has 1 aliphatic rings. The lowest BCUT2D eigenvalue weighted by Gasteiger charge is -2.10. The van der Waals surface area contributed by atoms with Crippen LogP contribution in [0.15, 0.2) is 18.2 Å². The van der Waals surface area contributed by atoms with Crippen LogP contribution in [0, 0.1) is 23.6 Å². The Balaban J connectivity index is 2.08. The third kappa shape index (κ3) is 4.03. The number of nitrogens with one attached hydrogen (secondary N) is 1. The van der Waals surface area contributed by atoms with Crippen LogP contribution in [0.2, 0.25) is 0 Å². The van der Waals surface area contributed by atoms with Crippen molar-refractivity contribution in [3.8, 4) is 11.8 Å². The van der Waals surface area contributed by atoms with Crippen molar-refractivity contribution >= 4 is 21.4 Å². The lowest BCUT2D eigenvalue weighted by Crippen LogP contribution is -2.24. The number of carbonyl (C=O) groups excluding carboxylic acids is 1. The van der Waals surface area contributed by atoms with E-state index in [9.17, 15) is 17.6 Å². The first kappa shape index (κ1) is 15.5. The molecule has 1 aromatic carbocycles. The fourth-order valence-corrected chi connectivity index (χ4v) is 3.83. The summed E-state index contributed by atoms with van der Waals surface area (Å²) in [5.74, 6) is 3.40. The van der Waals surface area contributed by atoms with E-state index in [2.05, 4.69) is 17.2 Å². The molecule has 0 spiro atoms. The lowest BCUT2D eigenvalue weighted by atomic mass is 10.1. The highest BCUT2D eigenvalue weighted by atomic mass is 32.2. The molecule has 0 aromatic heterocycles. The predicted octanol–water partition coefficient (Wildman–Crippen LogP) is 0.509. The zero-order valence-electron chi connectivity index (χ0n) is 11.2. The smallest absolute Gasteiger partial charge is 0.228 e. The second-order valence-electron chi connectivity index (χ2n) is 4.79. The van der Waals surface area contributed by atoms with E-state index < -0.39 is 27.5 Å². The van der Waals surface area contributed by atoms with Crippen molar-refractivity contribution in [2.24, 2.45) is 11.7 Å². The molecule has 0 bridgehead atoms. The number of benzene rings is 1. The first-order chi connectivity index (χ1) is 9.91. The lowest BCUT2D eigenvalue weighted by molar-refractivity contribution is -0.119. The van der Waals surface area contributed by atoms with Gasteiger partial charge < -0.3 is 11.1 Å². The molecule has 0 saturated carbocycles. The Bertz CT molecular complexity index is 719. The summed E-state index contributed by atoms with van der Waals surface area (Å²) in [5.41, 5.74) is 5.70. The molecule has 3 N–H and O–H groups in total. The maximum atomic E-state index is 13.8. The Labute approximate surface area is 122 Å². The number of rotatable bonds is 2. The Morgan fingerprint density at radius 2 is 2.24 bits per heavy atom. The molecular formula is C14H15FN2O3S. The van der Waals surface area contributed by atoms with Crippen molar-refractivity contribution in [3.63, 3.8) is 0 Å². The average molecular weight is 310 g/mol. The van der Waals surface area contributed by atoms with Gasteiger partial charge in [0.05, 0.1) is 29.7 Å². The second-order valence-corrected chi connectivity index (χ2v) is 7.02. The van der Waals surface area contributed by atoms with Crippen LogP contribution in [0.5, 0.6) is 0 Å². The Kier molecular flexibility index (Phi) is 4.60. The second kappa shape index (κ2) is 6.24. The van der Waals surface area contributed by atoms with Gasteiger partial charge in [0, 0.05) is 5.56 Å². The maximum Gasteiger partial charge on any atom is 0.228 e. The summed E-state index contributed by atoms with van der Waals surface area (Å²) in [6, 6.07) is 4.16. The maximum absolute atomic E-state index is 13.8. The highest BCUT2D eigenvalue weighted by Crippen LogP contribution is 2.22. The van der Waals surface area contributed by atoms with E-state index in [1.54, 1.807) is 6.07 Å². The third-order valence-electron chi connectivity index (χ3n) is 3.16. The number of halogens is 1. The molecule has 21 heavy (non-hydrogen) atoms. The normalized spacial score (nSPS) is 19.6. The molecule has 0 aliphatic carbocycles. The Morgan fingerprint density at radius 1 is 1.48 bits per heavy atom.